The van der Waals surface area contributed by atoms with Crippen LogP contribution >= 0.6 is 15.9 Å². The van der Waals surface area contributed by atoms with Crippen LogP contribution in [-0.2, 0) is 22.6 Å². The van der Waals surface area contributed by atoms with Crippen molar-refractivity contribution < 1.29 is 14.4 Å². The van der Waals surface area contributed by atoms with Crippen LogP contribution in [0, 0.1) is 0 Å². The van der Waals surface area contributed by atoms with E-state index in [2.05, 4.69) is 21.2 Å². The summed E-state index contributed by atoms with van der Waals surface area (Å²) in [5, 5.41) is 5.02. The molecular formula is C34H34BrN3O3. The number of nitrogens with one attached hydrogen (secondary N) is 1. The van der Waals surface area contributed by atoms with E-state index in [-0.39, 0.29) is 24.1 Å². The van der Waals surface area contributed by atoms with Gasteiger partial charge in [-0.15, -0.1) is 0 Å². The lowest BCUT2D eigenvalue weighted by atomic mass is 10.0. The van der Waals surface area contributed by atoms with Gasteiger partial charge in [-0.2, -0.15) is 0 Å². The lowest BCUT2D eigenvalue weighted by Gasteiger charge is -2.32. The summed E-state index contributed by atoms with van der Waals surface area (Å²) in [5.41, 5.74) is 3.52. The average Bonchev–Trinajstić information content (AvgIpc) is 3.26. The number of carbonyl (C=O) groups excluding carboxylic acids is 3. The van der Waals surface area contributed by atoms with Crippen LogP contribution in [0.2, 0.25) is 0 Å². The molecule has 0 saturated heterocycles. The minimum atomic E-state index is -0.665. The smallest absolute Gasteiger partial charge is 0.258 e. The van der Waals surface area contributed by atoms with Crippen LogP contribution in [0.1, 0.15) is 47.7 Å². The Bertz CT molecular complexity index is 1550. The molecule has 1 aliphatic rings. The van der Waals surface area contributed by atoms with Crippen molar-refractivity contribution in [3.63, 3.8) is 0 Å². The van der Waals surface area contributed by atoms with Gasteiger partial charge in [-0.1, -0.05) is 89.6 Å². The zero-order valence-electron chi connectivity index (χ0n) is 23.2. The van der Waals surface area contributed by atoms with E-state index in [0.29, 0.717) is 38.0 Å². The molecule has 0 unspecified atom stereocenters. The highest BCUT2D eigenvalue weighted by Crippen LogP contribution is 2.37. The highest BCUT2D eigenvalue weighted by atomic mass is 79.9. The Morgan fingerprint density at radius 3 is 2.41 bits per heavy atom. The second-order valence-corrected chi connectivity index (χ2v) is 11.3. The molecule has 4 aromatic carbocycles. The summed E-state index contributed by atoms with van der Waals surface area (Å²) in [6, 6.07) is 28.7. The van der Waals surface area contributed by atoms with E-state index >= 15 is 0 Å². The number of amides is 3. The minimum absolute atomic E-state index is 0.0314. The van der Waals surface area contributed by atoms with Crippen molar-refractivity contribution in [3.8, 4) is 0 Å². The summed E-state index contributed by atoms with van der Waals surface area (Å²) in [4.78, 5) is 44.2. The fourth-order valence-corrected chi connectivity index (χ4v) is 5.93. The van der Waals surface area contributed by atoms with E-state index in [4.69, 9.17) is 0 Å². The summed E-state index contributed by atoms with van der Waals surface area (Å²) < 4.78 is 0.915. The minimum Gasteiger partial charge on any atom is -0.354 e. The molecule has 0 aromatic heterocycles. The van der Waals surface area contributed by atoms with Gasteiger partial charge < -0.3 is 15.1 Å². The third-order valence-corrected chi connectivity index (χ3v) is 7.98. The van der Waals surface area contributed by atoms with Crippen molar-refractivity contribution in [2.24, 2.45) is 0 Å². The molecule has 0 spiro atoms. The zero-order valence-corrected chi connectivity index (χ0v) is 24.8. The van der Waals surface area contributed by atoms with Gasteiger partial charge in [0, 0.05) is 47.9 Å². The average molecular weight is 613 g/mol. The van der Waals surface area contributed by atoms with Gasteiger partial charge in [0.25, 0.3) is 5.91 Å². The van der Waals surface area contributed by atoms with E-state index in [0.717, 1.165) is 38.5 Å². The molecule has 6 nitrogen and oxygen atoms in total. The maximum Gasteiger partial charge on any atom is 0.258 e. The van der Waals surface area contributed by atoms with Crippen LogP contribution in [0.25, 0.3) is 10.8 Å². The van der Waals surface area contributed by atoms with Crippen molar-refractivity contribution >= 4 is 50.1 Å². The van der Waals surface area contributed by atoms with Crippen molar-refractivity contribution in [1.82, 2.24) is 10.2 Å². The number of hydrogen-bond donors (Lipinski definition) is 1. The van der Waals surface area contributed by atoms with Crippen molar-refractivity contribution in [1.29, 1.82) is 0 Å². The molecule has 5 rings (SSSR count). The third kappa shape index (κ3) is 6.51. The highest BCUT2D eigenvalue weighted by molar-refractivity contribution is 9.10. The van der Waals surface area contributed by atoms with Crippen molar-refractivity contribution in [2.75, 3.05) is 18.0 Å². The standard InChI is InChI=1S/C34H34BrN3O3/c1-2-19-36-33(40)30(22-24-10-4-3-5-11-24)38(23-25-12-6-15-27(35)21-25)31(39)18-9-20-37-29-17-8-14-26-13-7-16-28(32(26)29)34(37)41/h3-8,10-17,21,30H,2,9,18-20,22-23H2,1H3,(H,36,40)/t30-/m0/s1. The number of halogens is 1. The van der Waals surface area contributed by atoms with Gasteiger partial charge in [0.15, 0.2) is 0 Å². The molecule has 210 valence electrons. The number of benzene rings is 4. The number of anilines is 1. The zero-order chi connectivity index (χ0) is 28.8. The van der Waals surface area contributed by atoms with Gasteiger partial charge in [-0.25, -0.2) is 0 Å². The summed E-state index contributed by atoms with van der Waals surface area (Å²) in [6.07, 6.45) is 1.93. The molecule has 1 heterocycles. The van der Waals surface area contributed by atoms with E-state index < -0.39 is 6.04 Å². The van der Waals surface area contributed by atoms with Crippen LogP contribution in [0.4, 0.5) is 5.69 Å². The van der Waals surface area contributed by atoms with Crippen molar-refractivity contribution in [3.05, 3.63) is 112 Å². The van der Waals surface area contributed by atoms with Gasteiger partial charge in [-0.3, -0.25) is 14.4 Å². The normalized spacial score (nSPS) is 12.9. The molecule has 0 aliphatic carbocycles. The molecule has 0 fully saturated rings. The number of hydrogen-bond acceptors (Lipinski definition) is 3. The topological polar surface area (TPSA) is 69.7 Å². The Balaban J connectivity index is 1.37. The Hall–Kier alpha value is -3.97. The Kier molecular flexibility index (Phi) is 9.14. The summed E-state index contributed by atoms with van der Waals surface area (Å²) in [5.74, 6) is -0.299. The maximum absolute atomic E-state index is 13.9. The first-order valence-electron chi connectivity index (χ1n) is 14.2. The molecule has 0 radical (unpaired) electrons. The molecule has 3 amide bonds. The molecule has 1 N–H and O–H groups in total. The molecule has 1 atom stereocenters. The first-order chi connectivity index (χ1) is 20.0. The van der Waals surface area contributed by atoms with E-state index in [1.54, 1.807) is 9.80 Å². The van der Waals surface area contributed by atoms with E-state index in [1.807, 2.05) is 97.9 Å². The van der Waals surface area contributed by atoms with Crippen LogP contribution in [0.5, 0.6) is 0 Å². The van der Waals surface area contributed by atoms with Gasteiger partial charge in [0.2, 0.25) is 11.8 Å². The second-order valence-electron chi connectivity index (χ2n) is 10.4. The molecule has 0 bridgehead atoms. The number of carbonyl (C=O) groups is 3. The fraction of sp³-hybridized carbons (Fsp3) is 0.265. The largest absolute Gasteiger partial charge is 0.354 e. The predicted molar refractivity (Wildman–Crippen MR) is 167 cm³/mol. The monoisotopic (exact) mass is 611 g/mol. The van der Waals surface area contributed by atoms with Gasteiger partial charge in [-0.05, 0) is 53.6 Å². The molecule has 1 aliphatic heterocycles. The molecule has 7 heteroatoms. The summed E-state index contributed by atoms with van der Waals surface area (Å²) >= 11 is 3.53. The van der Waals surface area contributed by atoms with Gasteiger partial charge >= 0.3 is 0 Å². The second kappa shape index (κ2) is 13.1. The molecule has 4 aromatic rings. The first kappa shape index (κ1) is 28.6. The van der Waals surface area contributed by atoms with E-state index in [9.17, 15) is 14.4 Å². The van der Waals surface area contributed by atoms with Crippen LogP contribution in [-0.4, -0.2) is 41.8 Å². The Labute approximate surface area is 249 Å². The Morgan fingerprint density at radius 1 is 0.927 bits per heavy atom. The van der Waals surface area contributed by atoms with Crippen LogP contribution in [0.15, 0.2) is 95.5 Å². The molecule has 41 heavy (non-hydrogen) atoms. The number of nitrogens with zero attached hydrogens (tertiary/aromatic N) is 2. The van der Waals surface area contributed by atoms with E-state index in [1.165, 1.54) is 0 Å². The first-order valence-corrected chi connectivity index (χ1v) is 14.9. The highest BCUT2D eigenvalue weighted by Gasteiger charge is 2.32. The van der Waals surface area contributed by atoms with Crippen molar-refractivity contribution in [2.45, 2.75) is 45.2 Å². The fourth-order valence-electron chi connectivity index (χ4n) is 5.49. The molecule has 0 saturated carbocycles. The van der Waals surface area contributed by atoms with Crippen LogP contribution in [0.3, 0.4) is 0 Å². The third-order valence-electron chi connectivity index (χ3n) is 7.48. The summed E-state index contributed by atoms with van der Waals surface area (Å²) in [6.45, 7) is 3.29. The maximum atomic E-state index is 13.9. The lowest BCUT2D eigenvalue weighted by molar-refractivity contribution is -0.141. The SMILES string of the molecule is CCCNC(=O)[C@H](Cc1ccccc1)N(Cc1cccc(Br)c1)C(=O)CCCN1C(=O)c2cccc3cccc1c23. The number of rotatable bonds is 12. The van der Waals surface area contributed by atoms with Gasteiger partial charge in [0.1, 0.15) is 6.04 Å². The lowest BCUT2D eigenvalue weighted by Crippen LogP contribution is -2.50. The van der Waals surface area contributed by atoms with Gasteiger partial charge in [0.05, 0.1) is 5.69 Å². The van der Waals surface area contributed by atoms with Crippen LogP contribution < -0.4 is 10.2 Å². The Morgan fingerprint density at radius 2 is 1.66 bits per heavy atom. The molecular weight excluding hydrogens is 578 g/mol. The summed E-state index contributed by atoms with van der Waals surface area (Å²) in [7, 11) is 0. The quantitative estimate of drug-likeness (QED) is 0.198. The predicted octanol–water partition coefficient (Wildman–Crippen LogP) is 6.51.